The zero-order valence-corrected chi connectivity index (χ0v) is 20.2. The van der Waals surface area contributed by atoms with E-state index < -0.39 is 0 Å². The van der Waals surface area contributed by atoms with Gasteiger partial charge in [0.1, 0.15) is 23.4 Å². The molecule has 2 saturated heterocycles. The minimum atomic E-state index is -0.303. The number of hydrogen-bond donors (Lipinski definition) is 0. The van der Waals surface area contributed by atoms with Gasteiger partial charge in [-0.15, -0.1) is 0 Å². The van der Waals surface area contributed by atoms with Gasteiger partial charge in [0.25, 0.3) is 5.91 Å². The summed E-state index contributed by atoms with van der Waals surface area (Å²) < 4.78 is 28.3. The van der Waals surface area contributed by atoms with Gasteiger partial charge in [0.05, 0.1) is 6.33 Å². The second kappa shape index (κ2) is 10.2. The smallest absolute Gasteiger partial charge is 0.274 e. The third kappa shape index (κ3) is 5.39. The molecule has 8 heteroatoms. The van der Waals surface area contributed by atoms with Crippen LogP contribution in [0.3, 0.4) is 0 Å². The number of aryl methyl sites for hydroxylation is 1. The van der Waals surface area contributed by atoms with Crippen LogP contribution in [0.2, 0.25) is 0 Å². The van der Waals surface area contributed by atoms with E-state index in [1.807, 2.05) is 42.3 Å². The molecule has 2 aliphatic rings. The SMILES string of the molecule is CN1CC(Oc2cccc(-c3cc(CN(C(=O)c4cn(C)cn4)C4CCOCC4)ccc3F)c2)C1. The topological polar surface area (TPSA) is 59.8 Å². The molecule has 2 fully saturated rings. The summed E-state index contributed by atoms with van der Waals surface area (Å²) >= 11 is 0. The van der Waals surface area contributed by atoms with Gasteiger partial charge < -0.3 is 18.9 Å². The van der Waals surface area contributed by atoms with Crippen molar-refractivity contribution < 1.29 is 18.7 Å². The summed E-state index contributed by atoms with van der Waals surface area (Å²) in [6.45, 7) is 3.39. The standard InChI is InChI=1S/C27H31FN4O3/c1-30-15-23(16-30)35-22-5-3-4-20(13-22)24-12-19(6-7-25(24)28)14-32(21-8-10-34-11-9-21)27(33)26-17-31(2)18-29-26/h3-7,12-13,17-18,21,23H,8-11,14-16H2,1-2H3. The van der Waals surface area contributed by atoms with Gasteiger partial charge in [0, 0.05) is 57.7 Å². The molecule has 1 amide bonds. The summed E-state index contributed by atoms with van der Waals surface area (Å²) in [7, 11) is 3.90. The molecule has 0 aliphatic carbocycles. The molecule has 3 aromatic rings. The van der Waals surface area contributed by atoms with Gasteiger partial charge in [0.15, 0.2) is 0 Å². The van der Waals surface area contributed by atoms with Gasteiger partial charge in [-0.05, 0) is 55.3 Å². The van der Waals surface area contributed by atoms with Gasteiger partial charge in [-0.2, -0.15) is 0 Å². The Morgan fingerprint density at radius 2 is 1.97 bits per heavy atom. The molecule has 1 aromatic heterocycles. The predicted octanol–water partition coefficient (Wildman–Crippen LogP) is 3.74. The zero-order valence-electron chi connectivity index (χ0n) is 20.2. The van der Waals surface area contributed by atoms with E-state index in [2.05, 4.69) is 16.9 Å². The number of likely N-dealkylation sites (tertiary alicyclic amines) is 1. The quantitative estimate of drug-likeness (QED) is 0.518. The van der Waals surface area contributed by atoms with Crippen molar-refractivity contribution in [2.75, 3.05) is 33.4 Å². The number of halogens is 1. The Kier molecular flexibility index (Phi) is 6.83. The van der Waals surface area contributed by atoms with Crippen LogP contribution >= 0.6 is 0 Å². The van der Waals surface area contributed by atoms with Crippen LogP contribution in [-0.2, 0) is 18.3 Å². The molecule has 3 heterocycles. The van der Waals surface area contributed by atoms with Crippen molar-refractivity contribution in [3.8, 4) is 16.9 Å². The van der Waals surface area contributed by atoms with E-state index in [1.54, 1.807) is 23.2 Å². The van der Waals surface area contributed by atoms with Crippen molar-refractivity contribution >= 4 is 5.91 Å². The second-order valence-corrected chi connectivity index (χ2v) is 9.50. The van der Waals surface area contributed by atoms with E-state index >= 15 is 0 Å². The molecule has 2 aromatic carbocycles. The number of carbonyl (C=O) groups is 1. The minimum Gasteiger partial charge on any atom is -0.488 e. The molecule has 184 valence electrons. The number of benzene rings is 2. The van der Waals surface area contributed by atoms with Gasteiger partial charge in [-0.1, -0.05) is 18.2 Å². The monoisotopic (exact) mass is 478 g/mol. The highest BCUT2D eigenvalue weighted by atomic mass is 19.1. The van der Waals surface area contributed by atoms with Crippen LogP contribution in [-0.4, -0.2) is 70.8 Å². The molecule has 7 nitrogen and oxygen atoms in total. The molecule has 0 atom stereocenters. The minimum absolute atomic E-state index is 0.0455. The maximum Gasteiger partial charge on any atom is 0.274 e. The van der Waals surface area contributed by atoms with Crippen molar-refractivity contribution in [1.29, 1.82) is 0 Å². The molecule has 0 N–H and O–H groups in total. The van der Waals surface area contributed by atoms with Crippen LogP contribution in [0, 0.1) is 5.82 Å². The third-order valence-electron chi connectivity index (χ3n) is 6.68. The first-order valence-corrected chi connectivity index (χ1v) is 12.1. The Morgan fingerprint density at radius 3 is 2.69 bits per heavy atom. The Balaban J connectivity index is 1.39. The summed E-state index contributed by atoms with van der Waals surface area (Å²) in [6.07, 6.45) is 5.06. The molecule has 0 unspecified atom stereocenters. The van der Waals surface area contributed by atoms with E-state index in [0.29, 0.717) is 31.0 Å². The molecule has 2 aliphatic heterocycles. The van der Waals surface area contributed by atoms with Gasteiger partial charge in [0.2, 0.25) is 0 Å². The number of nitrogens with zero attached hydrogens (tertiary/aromatic N) is 4. The average molecular weight is 479 g/mol. The fourth-order valence-corrected chi connectivity index (χ4v) is 4.77. The number of imidazole rings is 1. The first-order chi connectivity index (χ1) is 17.0. The molecular weight excluding hydrogens is 447 g/mol. The number of amides is 1. The average Bonchev–Trinajstić information content (AvgIpc) is 3.29. The van der Waals surface area contributed by atoms with Gasteiger partial charge in [-0.25, -0.2) is 9.37 Å². The molecule has 0 radical (unpaired) electrons. The number of likely N-dealkylation sites (N-methyl/N-ethyl adjacent to an activating group) is 1. The number of carbonyl (C=O) groups excluding carboxylic acids is 1. The van der Waals surface area contributed by atoms with Crippen molar-refractivity contribution in [2.45, 2.75) is 31.5 Å². The van der Waals surface area contributed by atoms with Crippen LogP contribution in [0.25, 0.3) is 11.1 Å². The summed E-state index contributed by atoms with van der Waals surface area (Å²) in [4.78, 5) is 21.7. The molecule has 0 saturated carbocycles. The summed E-state index contributed by atoms with van der Waals surface area (Å²) in [5.41, 5.74) is 2.52. The molecule has 0 bridgehead atoms. The summed E-state index contributed by atoms with van der Waals surface area (Å²) in [6, 6.07) is 12.7. The second-order valence-electron chi connectivity index (χ2n) is 9.50. The maximum atomic E-state index is 14.9. The lowest BCUT2D eigenvalue weighted by atomic mass is 10.0. The number of aromatic nitrogens is 2. The first kappa shape index (κ1) is 23.5. The number of rotatable bonds is 7. The van der Waals surface area contributed by atoms with Crippen LogP contribution in [0.1, 0.15) is 28.9 Å². The van der Waals surface area contributed by atoms with Crippen molar-refractivity contribution in [1.82, 2.24) is 19.4 Å². The highest BCUT2D eigenvalue weighted by molar-refractivity contribution is 5.92. The van der Waals surface area contributed by atoms with E-state index in [-0.39, 0.29) is 23.9 Å². The molecule has 5 rings (SSSR count). The highest BCUT2D eigenvalue weighted by Gasteiger charge is 2.28. The lowest BCUT2D eigenvalue weighted by Crippen LogP contribution is -2.51. The number of ether oxygens (including phenoxy) is 2. The van der Waals surface area contributed by atoms with Crippen molar-refractivity contribution in [2.24, 2.45) is 7.05 Å². The third-order valence-corrected chi connectivity index (χ3v) is 6.68. The van der Waals surface area contributed by atoms with Crippen molar-refractivity contribution in [3.05, 3.63) is 72.1 Å². The summed E-state index contributed by atoms with van der Waals surface area (Å²) in [5.74, 6) is 0.312. The zero-order chi connectivity index (χ0) is 24.4. The Hall–Kier alpha value is -3.23. The lowest BCUT2D eigenvalue weighted by molar-refractivity contribution is 0.0264. The predicted molar refractivity (Wildman–Crippen MR) is 131 cm³/mol. The lowest BCUT2D eigenvalue weighted by Gasteiger charge is -2.36. The van der Waals surface area contributed by atoms with Crippen LogP contribution in [0.15, 0.2) is 55.0 Å². The van der Waals surface area contributed by atoms with E-state index in [9.17, 15) is 9.18 Å². The normalized spacial score (nSPS) is 17.2. The van der Waals surface area contributed by atoms with Crippen LogP contribution in [0.4, 0.5) is 4.39 Å². The van der Waals surface area contributed by atoms with E-state index in [1.165, 1.54) is 6.07 Å². The molecule has 0 spiro atoms. The Bertz CT molecular complexity index is 1180. The summed E-state index contributed by atoms with van der Waals surface area (Å²) in [5, 5.41) is 0. The largest absolute Gasteiger partial charge is 0.488 e. The van der Waals surface area contributed by atoms with Crippen LogP contribution < -0.4 is 4.74 Å². The molecular formula is C27H31FN4O3. The Labute approximate surface area is 205 Å². The Morgan fingerprint density at radius 1 is 1.17 bits per heavy atom. The van der Waals surface area contributed by atoms with Crippen molar-refractivity contribution in [3.63, 3.8) is 0 Å². The first-order valence-electron chi connectivity index (χ1n) is 12.1. The molecule has 35 heavy (non-hydrogen) atoms. The van der Waals surface area contributed by atoms with Gasteiger partial charge >= 0.3 is 0 Å². The van der Waals surface area contributed by atoms with Crippen LogP contribution in [0.5, 0.6) is 5.75 Å². The number of hydrogen-bond acceptors (Lipinski definition) is 5. The van der Waals surface area contributed by atoms with E-state index in [4.69, 9.17) is 9.47 Å². The van der Waals surface area contributed by atoms with Gasteiger partial charge in [-0.3, -0.25) is 9.69 Å². The highest BCUT2D eigenvalue weighted by Crippen LogP contribution is 2.29. The maximum absolute atomic E-state index is 14.9. The fraction of sp³-hybridized carbons (Fsp3) is 0.407. The fourth-order valence-electron chi connectivity index (χ4n) is 4.77. The van der Waals surface area contributed by atoms with E-state index in [0.717, 1.165) is 42.8 Å².